The number of carbonyl (C=O) groups excluding carboxylic acids is 1. The third-order valence-corrected chi connectivity index (χ3v) is 12.2. The van der Waals surface area contributed by atoms with Crippen molar-refractivity contribution in [2.75, 3.05) is 36.9 Å². The van der Waals surface area contributed by atoms with Crippen molar-refractivity contribution in [2.24, 2.45) is 19.8 Å². The number of amides is 1. The second kappa shape index (κ2) is 26.3. The highest BCUT2D eigenvalue weighted by molar-refractivity contribution is 6.83. The fourth-order valence-electron chi connectivity index (χ4n) is 7.55. The highest BCUT2D eigenvalue weighted by Crippen LogP contribution is 2.32. The van der Waals surface area contributed by atoms with Gasteiger partial charge in [0.1, 0.15) is 32.8 Å². The fourth-order valence-corrected chi connectivity index (χ4v) is 8.06. The van der Waals surface area contributed by atoms with Gasteiger partial charge >= 0.3 is 5.97 Å². The number of hydrogen-bond acceptors (Lipinski definition) is 15. The number of anilines is 4. The molecule has 81 heavy (non-hydrogen) atoms. The van der Waals surface area contributed by atoms with E-state index < -0.39 is 37.3 Å². The minimum absolute atomic E-state index is 0.153. The molecular weight excluding hydrogens is 1050 g/mol. The summed E-state index contributed by atoms with van der Waals surface area (Å²) in [5, 5.41) is 27.7. The smallest absolute Gasteiger partial charge is 0.357 e. The molecule has 0 aliphatic heterocycles. The van der Waals surface area contributed by atoms with E-state index in [-0.39, 0.29) is 18.8 Å². The molecule has 6 N–H and O–H groups in total. The van der Waals surface area contributed by atoms with E-state index in [1.165, 1.54) is 30.6 Å². The van der Waals surface area contributed by atoms with Gasteiger partial charge in [-0.25, -0.2) is 43.5 Å². The molecule has 0 aliphatic rings. The van der Waals surface area contributed by atoms with Crippen LogP contribution in [-0.4, -0.2) is 101 Å². The molecule has 0 fully saturated rings. The van der Waals surface area contributed by atoms with Crippen molar-refractivity contribution in [3.8, 4) is 57.6 Å². The average molecular weight is 1110 g/mol. The van der Waals surface area contributed by atoms with Crippen LogP contribution in [0, 0.1) is 35.4 Å². The molecule has 1 amide bonds. The number of halogens is 2. The molecule has 10 aromatic rings. The minimum Gasteiger partial charge on any atom is -0.492 e. The van der Waals surface area contributed by atoms with Crippen molar-refractivity contribution >= 4 is 65.0 Å². The Labute approximate surface area is 465 Å². The number of pyridine rings is 2. The summed E-state index contributed by atoms with van der Waals surface area (Å²) >= 11 is 0. The first-order valence-electron chi connectivity index (χ1n) is 25.0. The molecule has 0 bridgehead atoms. The Morgan fingerprint density at radius 1 is 0.667 bits per heavy atom. The Morgan fingerprint density at radius 2 is 1.19 bits per heavy atom. The van der Waals surface area contributed by atoms with Crippen LogP contribution in [0.4, 0.5) is 32.1 Å². The number of terminal acetylenes is 1. The van der Waals surface area contributed by atoms with E-state index in [2.05, 4.69) is 93.1 Å². The second-order valence-corrected chi connectivity index (χ2v) is 23.6. The quantitative estimate of drug-likeness (QED) is 0.0364. The summed E-state index contributed by atoms with van der Waals surface area (Å²) in [5.74, 6) is 4.63. The highest BCUT2D eigenvalue weighted by Gasteiger charge is 2.15. The van der Waals surface area contributed by atoms with E-state index in [9.17, 15) is 18.4 Å². The molecule has 19 nitrogen and oxygen atoms in total. The van der Waals surface area contributed by atoms with Gasteiger partial charge in [0.05, 0.1) is 30.0 Å². The number of carboxylic acids is 1. The molecule has 10 rings (SSSR count). The largest absolute Gasteiger partial charge is 0.492 e. The summed E-state index contributed by atoms with van der Waals surface area (Å²) in [5.41, 5.74) is 16.8. The zero-order valence-corrected chi connectivity index (χ0v) is 45.6. The van der Waals surface area contributed by atoms with Crippen molar-refractivity contribution in [1.82, 2.24) is 54.8 Å². The number of nitrogens with one attached hydrogen (secondary N) is 3. The number of benzene rings is 4. The number of aromatic carboxylic acids is 1. The molecule has 0 atom stereocenters. The van der Waals surface area contributed by atoms with Gasteiger partial charge in [0.25, 0.3) is 5.91 Å². The van der Waals surface area contributed by atoms with Crippen LogP contribution in [0.1, 0.15) is 32.1 Å². The number of carbonyl (C=O) groups is 2. The number of nitrogens with two attached hydrogens (primary N) is 1. The lowest BCUT2D eigenvalue weighted by atomic mass is 10.1. The Morgan fingerprint density at radius 3 is 1.65 bits per heavy atom. The van der Waals surface area contributed by atoms with Crippen LogP contribution in [0.2, 0.25) is 19.6 Å². The summed E-state index contributed by atoms with van der Waals surface area (Å²) in [7, 11) is 2.30. The van der Waals surface area contributed by atoms with Gasteiger partial charge in [-0.2, -0.15) is 10.2 Å². The van der Waals surface area contributed by atoms with Crippen molar-refractivity contribution < 1.29 is 33.0 Å². The van der Waals surface area contributed by atoms with Crippen molar-refractivity contribution in [2.45, 2.75) is 19.6 Å². The zero-order valence-electron chi connectivity index (χ0n) is 44.6. The first kappa shape index (κ1) is 56.8. The SMILES string of the molecule is C#Cc1ccc2nc(Nc3cc(OCCNC(=O)c4ncccc4F)cc(-c4cnn(C)c4)c3)ncc2c1.Cn1cc(-c2cc(Nc3ncc4cc(C#C[Si](C)(C)C)ccc4n3)cc(OCCN)c2)cn1.O=C(O)c1ncccc1F. The number of carboxylic acid groups (broad SMARTS) is 1. The van der Waals surface area contributed by atoms with E-state index in [0.29, 0.717) is 36.5 Å². The van der Waals surface area contributed by atoms with Crippen LogP contribution in [0.5, 0.6) is 11.5 Å². The third kappa shape index (κ3) is 16.1. The van der Waals surface area contributed by atoms with Crippen LogP contribution in [0.3, 0.4) is 0 Å². The minimum atomic E-state index is -1.43. The number of aromatic nitrogens is 10. The summed E-state index contributed by atoms with van der Waals surface area (Å²) in [6.45, 7) is 7.89. The van der Waals surface area contributed by atoms with Crippen LogP contribution >= 0.6 is 0 Å². The monoisotopic (exact) mass is 1100 g/mol. The number of aryl methyl sites for hydroxylation is 2. The summed E-state index contributed by atoms with van der Waals surface area (Å²) in [4.78, 5) is 47.6. The van der Waals surface area contributed by atoms with Crippen LogP contribution in [0.15, 0.2) is 147 Å². The molecule has 22 heteroatoms. The van der Waals surface area contributed by atoms with E-state index >= 15 is 0 Å². The fraction of sp³-hybridized carbons (Fsp3) is 0.153. The van der Waals surface area contributed by atoms with Gasteiger partial charge in [0, 0.05) is 114 Å². The third-order valence-electron chi connectivity index (χ3n) is 11.3. The van der Waals surface area contributed by atoms with Gasteiger partial charge in [-0.05, 0) is 96.1 Å². The lowest BCUT2D eigenvalue weighted by Crippen LogP contribution is -2.29. The number of rotatable bonds is 15. The van der Waals surface area contributed by atoms with Gasteiger partial charge < -0.3 is 36.3 Å². The Kier molecular flexibility index (Phi) is 18.4. The molecular formula is C59H54F2N14O5Si. The molecule has 0 aliphatic carbocycles. The molecule has 0 unspecified atom stereocenters. The Balaban J connectivity index is 0.000000183. The van der Waals surface area contributed by atoms with Crippen molar-refractivity contribution in [3.63, 3.8) is 0 Å². The summed E-state index contributed by atoms with van der Waals surface area (Å²) < 4.78 is 41.4. The lowest BCUT2D eigenvalue weighted by molar-refractivity contribution is 0.0684. The van der Waals surface area contributed by atoms with Gasteiger partial charge in [0.15, 0.2) is 23.0 Å². The predicted octanol–water partition coefficient (Wildman–Crippen LogP) is 9.36. The number of fused-ring (bicyclic) bond motifs is 2. The normalized spacial score (nSPS) is 10.7. The van der Waals surface area contributed by atoms with E-state index in [0.717, 1.165) is 72.7 Å². The van der Waals surface area contributed by atoms with Crippen LogP contribution < -0.4 is 31.2 Å². The van der Waals surface area contributed by atoms with E-state index in [1.54, 1.807) is 27.8 Å². The predicted molar refractivity (Wildman–Crippen MR) is 309 cm³/mol. The number of ether oxygens (including phenoxy) is 2. The first-order valence-corrected chi connectivity index (χ1v) is 28.5. The maximum absolute atomic E-state index is 13.8. The Bertz CT molecular complexity index is 4000. The van der Waals surface area contributed by atoms with E-state index in [1.807, 2.05) is 106 Å². The molecule has 6 heterocycles. The average Bonchev–Trinajstić information content (AvgIpc) is 4.11. The summed E-state index contributed by atoms with van der Waals surface area (Å²) in [6.07, 6.45) is 19.0. The number of nitrogens with zero attached hydrogens (tertiary/aromatic N) is 10. The van der Waals surface area contributed by atoms with Gasteiger partial charge in [0.2, 0.25) is 11.9 Å². The molecule has 408 valence electrons. The zero-order chi connectivity index (χ0) is 57.5. The van der Waals surface area contributed by atoms with Gasteiger partial charge in [-0.15, -0.1) is 12.0 Å². The van der Waals surface area contributed by atoms with Gasteiger partial charge in [-0.3, -0.25) is 14.2 Å². The molecule has 0 saturated carbocycles. The van der Waals surface area contributed by atoms with E-state index in [4.69, 9.17) is 26.7 Å². The molecule has 0 spiro atoms. The van der Waals surface area contributed by atoms with Crippen LogP contribution in [-0.2, 0) is 14.1 Å². The van der Waals surface area contributed by atoms with Crippen molar-refractivity contribution in [1.29, 1.82) is 0 Å². The van der Waals surface area contributed by atoms with Crippen molar-refractivity contribution in [3.05, 3.63) is 181 Å². The number of hydrogen-bond donors (Lipinski definition) is 5. The second-order valence-electron chi connectivity index (χ2n) is 18.8. The van der Waals surface area contributed by atoms with Gasteiger partial charge in [-0.1, -0.05) is 31.5 Å². The molecule has 0 saturated heterocycles. The molecule has 0 radical (unpaired) electrons. The molecule has 6 aromatic heterocycles. The lowest BCUT2D eigenvalue weighted by Gasteiger charge is -2.12. The van der Waals surface area contributed by atoms with Crippen LogP contribution in [0.25, 0.3) is 44.1 Å². The topological polar surface area (TPSA) is 248 Å². The first-order chi connectivity index (χ1) is 39.0. The standard InChI is InChI=1S/C28H22FN7O2.C25H28N6OSi.C6H4FNO2/c1-3-18-6-7-25-20(11-18)15-32-28(35-25)34-22-12-19(21-16-33-36(2)17-21)13-23(14-22)38-10-9-31-27(37)26-24(29)5-4-8-30-26;1-31-17-21(16-28-31)19-12-22(14-23(13-19)32-9-8-26)29-25-27-15-20-11-18(5-6-24(20)30-25)7-10-33(2,3)4;7-4-2-1-3-8-5(4)6(9)10/h1,4-8,11-17H,9-10H2,2H3,(H,31,37)(H,32,34,35);5-6,11-17H,8-9,26H2,1-4H3,(H,27,29,30);1-3H,(H,9,10). The molecule has 4 aromatic carbocycles. The maximum atomic E-state index is 13.8. The summed E-state index contributed by atoms with van der Waals surface area (Å²) in [6, 6.07) is 28.1. The maximum Gasteiger partial charge on any atom is 0.357 e. The Hall–Kier alpha value is -10.4. The highest BCUT2D eigenvalue weighted by atomic mass is 28.3.